The first-order chi connectivity index (χ1) is 12.7. The zero-order valence-corrected chi connectivity index (χ0v) is 14.7. The molecule has 2 fully saturated rings. The molecule has 3 aromatic rings. The van der Waals surface area contributed by atoms with Crippen molar-refractivity contribution in [2.24, 2.45) is 13.0 Å². The van der Waals surface area contributed by atoms with Gasteiger partial charge in [-0.05, 0) is 30.4 Å². The Hall–Kier alpha value is -2.76. The van der Waals surface area contributed by atoms with Crippen molar-refractivity contribution in [3.05, 3.63) is 53.7 Å². The highest BCUT2D eigenvalue weighted by molar-refractivity contribution is 5.96. The normalized spacial score (nSPS) is 25.0. The maximum absolute atomic E-state index is 13.2. The fourth-order valence-electron chi connectivity index (χ4n) is 4.80. The molecule has 1 aliphatic carbocycles. The summed E-state index contributed by atoms with van der Waals surface area (Å²) in [6.45, 7) is 0.788. The molecule has 26 heavy (non-hydrogen) atoms. The number of aryl methyl sites for hydroxylation is 1. The number of carbonyl (C=O) groups excluding carboxylic acids is 1. The molecule has 0 bridgehead atoms. The molecular formula is C20H21N5O. The first-order valence-electron chi connectivity index (χ1n) is 9.24. The lowest BCUT2D eigenvalue weighted by Crippen LogP contribution is -2.36. The van der Waals surface area contributed by atoms with Crippen LogP contribution in [0.2, 0.25) is 0 Å². The third-order valence-electron chi connectivity index (χ3n) is 6.02. The minimum atomic E-state index is 0.0698. The molecule has 0 spiro atoms. The van der Waals surface area contributed by atoms with Gasteiger partial charge in [-0.3, -0.25) is 4.79 Å². The second-order valence-electron chi connectivity index (χ2n) is 7.42. The van der Waals surface area contributed by atoms with Crippen molar-refractivity contribution in [2.75, 3.05) is 6.54 Å². The minimum Gasteiger partial charge on any atom is -0.335 e. The van der Waals surface area contributed by atoms with Gasteiger partial charge in [0.05, 0.1) is 5.56 Å². The van der Waals surface area contributed by atoms with Crippen LogP contribution in [0, 0.1) is 5.92 Å². The standard InChI is InChI=1S/C20H21N5O/c1-24-19-17(22-23-24)10-14(11-21-19)20(26)25-12-16(13-6-3-2-4-7-13)15-8-5-9-18(15)25/h2-4,6-7,10-11,15-16,18H,5,8-9,12H2,1H3. The Morgan fingerprint density at radius 2 is 2.04 bits per heavy atom. The van der Waals surface area contributed by atoms with Gasteiger partial charge < -0.3 is 4.90 Å². The number of nitrogens with zero attached hydrogens (tertiary/aromatic N) is 5. The van der Waals surface area contributed by atoms with Gasteiger partial charge in [-0.15, -0.1) is 5.10 Å². The van der Waals surface area contributed by atoms with Gasteiger partial charge in [-0.25, -0.2) is 9.67 Å². The quantitative estimate of drug-likeness (QED) is 0.715. The number of hydrogen-bond donors (Lipinski definition) is 0. The van der Waals surface area contributed by atoms with E-state index in [1.165, 1.54) is 18.4 Å². The summed E-state index contributed by atoms with van der Waals surface area (Å²) in [6.07, 6.45) is 5.16. The van der Waals surface area contributed by atoms with E-state index in [9.17, 15) is 4.79 Å². The van der Waals surface area contributed by atoms with Crippen molar-refractivity contribution in [1.29, 1.82) is 0 Å². The minimum absolute atomic E-state index is 0.0698. The smallest absolute Gasteiger partial charge is 0.255 e. The van der Waals surface area contributed by atoms with Gasteiger partial charge in [0.1, 0.15) is 5.52 Å². The molecule has 3 atom stereocenters. The Morgan fingerprint density at radius 1 is 1.19 bits per heavy atom. The number of carbonyl (C=O) groups is 1. The summed E-state index contributed by atoms with van der Waals surface area (Å²) in [5, 5.41) is 8.07. The molecule has 6 nitrogen and oxygen atoms in total. The van der Waals surface area contributed by atoms with Crippen LogP contribution in [0.4, 0.5) is 0 Å². The molecule has 1 aromatic carbocycles. The molecule has 2 aliphatic rings. The predicted molar refractivity (Wildman–Crippen MR) is 97.7 cm³/mol. The third kappa shape index (κ3) is 2.32. The topological polar surface area (TPSA) is 63.9 Å². The highest BCUT2D eigenvalue weighted by Gasteiger charge is 2.46. The van der Waals surface area contributed by atoms with Gasteiger partial charge >= 0.3 is 0 Å². The number of fused-ring (bicyclic) bond motifs is 2. The third-order valence-corrected chi connectivity index (χ3v) is 6.02. The number of amides is 1. The Bertz CT molecular complexity index is 967. The summed E-state index contributed by atoms with van der Waals surface area (Å²) in [4.78, 5) is 19.7. The first-order valence-corrected chi connectivity index (χ1v) is 9.24. The summed E-state index contributed by atoms with van der Waals surface area (Å²) in [7, 11) is 1.80. The van der Waals surface area contributed by atoms with E-state index in [0.29, 0.717) is 34.6 Å². The highest BCUT2D eigenvalue weighted by atomic mass is 16.2. The summed E-state index contributed by atoms with van der Waals surface area (Å²) in [5.74, 6) is 1.07. The fourth-order valence-corrected chi connectivity index (χ4v) is 4.80. The number of rotatable bonds is 2. The van der Waals surface area contributed by atoms with Crippen LogP contribution in [0.3, 0.4) is 0 Å². The molecule has 0 radical (unpaired) electrons. The second kappa shape index (κ2) is 5.90. The molecular weight excluding hydrogens is 326 g/mol. The molecule has 3 heterocycles. The van der Waals surface area contributed by atoms with Crippen LogP contribution in [0.5, 0.6) is 0 Å². The Balaban J connectivity index is 1.47. The average molecular weight is 347 g/mol. The van der Waals surface area contributed by atoms with Crippen LogP contribution in [-0.2, 0) is 7.05 Å². The number of aromatic nitrogens is 4. The molecule has 132 valence electrons. The Kier molecular flexibility index (Phi) is 3.51. The van der Waals surface area contributed by atoms with E-state index in [1.54, 1.807) is 17.9 Å². The molecule has 3 unspecified atom stereocenters. The molecule has 5 rings (SSSR count). The van der Waals surface area contributed by atoms with Gasteiger partial charge in [0.2, 0.25) is 0 Å². The lowest BCUT2D eigenvalue weighted by atomic mass is 9.87. The number of likely N-dealkylation sites (tertiary alicyclic amines) is 1. The first kappa shape index (κ1) is 15.5. The van der Waals surface area contributed by atoms with Gasteiger partial charge in [-0.1, -0.05) is 42.0 Å². The zero-order valence-electron chi connectivity index (χ0n) is 14.7. The van der Waals surface area contributed by atoms with Crippen molar-refractivity contribution in [3.63, 3.8) is 0 Å². The molecule has 1 saturated heterocycles. The number of benzene rings is 1. The van der Waals surface area contributed by atoms with Crippen molar-refractivity contribution in [1.82, 2.24) is 24.9 Å². The fraction of sp³-hybridized carbons (Fsp3) is 0.400. The average Bonchev–Trinajstić information content (AvgIpc) is 3.37. The maximum atomic E-state index is 13.2. The van der Waals surface area contributed by atoms with Gasteiger partial charge in [0.15, 0.2) is 5.65 Å². The van der Waals surface area contributed by atoms with Crippen LogP contribution < -0.4 is 0 Å². The molecule has 2 aromatic heterocycles. The lowest BCUT2D eigenvalue weighted by Gasteiger charge is -2.23. The monoisotopic (exact) mass is 347 g/mol. The van der Waals surface area contributed by atoms with Crippen molar-refractivity contribution < 1.29 is 4.79 Å². The molecule has 0 N–H and O–H groups in total. The largest absolute Gasteiger partial charge is 0.335 e. The van der Waals surface area contributed by atoms with Gasteiger partial charge in [0.25, 0.3) is 5.91 Å². The van der Waals surface area contributed by atoms with E-state index in [2.05, 4.69) is 50.5 Å². The summed E-state index contributed by atoms with van der Waals surface area (Å²) in [5.41, 5.74) is 3.32. The van der Waals surface area contributed by atoms with Crippen molar-refractivity contribution in [3.8, 4) is 0 Å². The maximum Gasteiger partial charge on any atom is 0.255 e. The van der Waals surface area contributed by atoms with Crippen LogP contribution >= 0.6 is 0 Å². The summed E-state index contributed by atoms with van der Waals surface area (Å²) < 4.78 is 1.62. The molecule has 1 aliphatic heterocycles. The van der Waals surface area contributed by atoms with E-state index in [-0.39, 0.29) is 5.91 Å². The van der Waals surface area contributed by atoms with Gasteiger partial charge in [0, 0.05) is 31.7 Å². The van der Waals surface area contributed by atoms with Crippen LogP contribution in [0.1, 0.15) is 41.1 Å². The zero-order chi connectivity index (χ0) is 17.7. The van der Waals surface area contributed by atoms with Gasteiger partial charge in [-0.2, -0.15) is 0 Å². The lowest BCUT2D eigenvalue weighted by molar-refractivity contribution is 0.0728. The Morgan fingerprint density at radius 3 is 2.88 bits per heavy atom. The van der Waals surface area contributed by atoms with Crippen molar-refractivity contribution in [2.45, 2.75) is 31.2 Å². The predicted octanol–water partition coefficient (Wildman–Crippen LogP) is 2.77. The van der Waals surface area contributed by atoms with E-state index in [0.717, 1.165) is 13.0 Å². The molecule has 1 saturated carbocycles. The molecule has 6 heteroatoms. The van der Waals surface area contributed by atoms with E-state index in [4.69, 9.17) is 0 Å². The highest BCUT2D eigenvalue weighted by Crippen LogP contribution is 2.46. The van der Waals surface area contributed by atoms with Crippen molar-refractivity contribution >= 4 is 17.1 Å². The molecule has 1 amide bonds. The summed E-state index contributed by atoms with van der Waals surface area (Å²) >= 11 is 0. The number of pyridine rings is 1. The van der Waals surface area contributed by atoms with Crippen LogP contribution in [0.25, 0.3) is 11.2 Å². The summed E-state index contributed by atoms with van der Waals surface area (Å²) in [6, 6.07) is 12.8. The second-order valence-corrected chi connectivity index (χ2v) is 7.42. The number of hydrogen-bond acceptors (Lipinski definition) is 4. The SMILES string of the molecule is Cn1nnc2cc(C(=O)N3CC(c4ccccc4)C4CCCC43)cnc21. The van der Waals surface area contributed by atoms with E-state index < -0.39 is 0 Å². The van der Waals surface area contributed by atoms with E-state index in [1.807, 2.05) is 6.07 Å². The van der Waals surface area contributed by atoms with Crippen LogP contribution in [0.15, 0.2) is 42.6 Å². The van der Waals surface area contributed by atoms with Crippen LogP contribution in [-0.4, -0.2) is 43.4 Å². The Labute approximate surface area is 151 Å². The van der Waals surface area contributed by atoms with E-state index >= 15 is 0 Å².